The van der Waals surface area contributed by atoms with Crippen molar-refractivity contribution in [3.05, 3.63) is 47.9 Å². The standard InChI is InChI=1S/C16H14N4OS/c1-11-2-4-18-9-13(11)19-6-7-20(16(19)21)14-10-22-15-3-5-17-8-12(14)15/h2-5,8-10H,6-7H2,1H3. The number of aromatic nitrogens is 2. The third-order valence-corrected chi connectivity index (χ3v) is 4.91. The predicted octanol–water partition coefficient (Wildman–Crippen LogP) is 3.45. The van der Waals surface area contributed by atoms with Gasteiger partial charge in [-0.05, 0) is 24.6 Å². The van der Waals surface area contributed by atoms with E-state index in [4.69, 9.17) is 0 Å². The van der Waals surface area contributed by atoms with Crippen LogP contribution in [0.5, 0.6) is 0 Å². The summed E-state index contributed by atoms with van der Waals surface area (Å²) in [5.41, 5.74) is 2.89. The smallest absolute Gasteiger partial charge is 0.291 e. The Morgan fingerprint density at radius 1 is 1.05 bits per heavy atom. The fraction of sp³-hybridized carbons (Fsp3) is 0.188. The van der Waals surface area contributed by atoms with Gasteiger partial charge in [-0.1, -0.05) is 0 Å². The minimum absolute atomic E-state index is 0.000321. The normalized spacial score (nSPS) is 15.0. The molecule has 0 atom stereocenters. The molecule has 22 heavy (non-hydrogen) atoms. The Morgan fingerprint density at radius 3 is 2.59 bits per heavy atom. The molecule has 1 aliphatic rings. The van der Waals surface area contributed by atoms with Gasteiger partial charge in [-0.25, -0.2) is 4.79 Å². The van der Waals surface area contributed by atoms with E-state index in [2.05, 4.69) is 9.97 Å². The van der Waals surface area contributed by atoms with Crippen molar-refractivity contribution in [1.29, 1.82) is 0 Å². The highest BCUT2D eigenvalue weighted by Gasteiger charge is 2.32. The maximum absolute atomic E-state index is 12.8. The quantitative estimate of drug-likeness (QED) is 0.728. The van der Waals surface area contributed by atoms with Gasteiger partial charge in [0.25, 0.3) is 0 Å². The molecule has 1 saturated heterocycles. The lowest BCUT2D eigenvalue weighted by atomic mass is 10.2. The molecule has 4 rings (SSSR count). The number of hydrogen-bond donors (Lipinski definition) is 0. The number of hydrogen-bond acceptors (Lipinski definition) is 4. The van der Waals surface area contributed by atoms with Crippen molar-refractivity contribution >= 4 is 38.8 Å². The van der Waals surface area contributed by atoms with Gasteiger partial charge in [0.1, 0.15) is 0 Å². The number of nitrogens with zero attached hydrogens (tertiary/aromatic N) is 4. The Morgan fingerprint density at radius 2 is 1.77 bits per heavy atom. The van der Waals surface area contributed by atoms with Gasteiger partial charge >= 0.3 is 6.03 Å². The Labute approximate surface area is 131 Å². The molecule has 1 fully saturated rings. The summed E-state index contributed by atoms with van der Waals surface area (Å²) in [6.07, 6.45) is 7.10. The summed E-state index contributed by atoms with van der Waals surface area (Å²) >= 11 is 1.64. The van der Waals surface area contributed by atoms with E-state index in [1.54, 1.807) is 34.8 Å². The lowest BCUT2D eigenvalue weighted by Gasteiger charge is -2.19. The molecular weight excluding hydrogens is 296 g/mol. The first kappa shape index (κ1) is 13.2. The molecule has 0 bridgehead atoms. The van der Waals surface area contributed by atoms with Crippen LogP contribution in [0.15, 0.2) is 42.3 Å². The number of aryl methyl sites for hydroxylation is 1. The molecule has 1 aliphatic heterocycles. The average molecular weight is 310 g/mol. The number of carbonyl (C=O) groups excluding carboxylic acids is 1. The molecule has 0 aliphatic carbocycles. The zero-order chi connectivity index (χ0) is 15.1. The van der Waals surface area contributed by atoms with Crippen LogP contribution in [0.25, 0.3) is 10.1 Å². The zero-order valence-electron chi connectivity index (χ0n) is 12.1. The van der Waals surface area contributed by atoms with Crippen LogP contribution < -0.4 is 9.80 Å². The van der Waals surface area contributed by atoms with Gasteiger partial charge in [0.05, 0.1) is 17.6 Å². The number of rotatable bonds is 2. The Hall–Kier alpha value is -2.47. The van der Waals surface area contributed by atoms with Gasteiger partial charge in [0.2, 0.25) is 0 Å². The molecule has 3 aromatic heterocycles. The van der Waals surface area contributed by atoms with Crippen LogP contribution in [0.4, 0.5) is 16.2 Å². The van der Waals surface area contributed by atoms with Crippen LogP contribution in [0.3, 0.4) is 0 Å². The molecule has 110 valence electrons. The van der Waals surface area contributed by atoms with E-state index in [-0.39, 0.29) is 6.03 Å². The minimum Gasteiger partial charge on any atom is -0.291 e. The monoisotopic (exact) mass is 310 g/mol. The third-order valence-electron chi connectivity index (χ3n) is 3.96. The third kappa shape index (κ3) is 1.95. The Kier molecular flexibility index (Phi) is 3.04. The van der Waals surface area contributed by atoms with Crippen molar-refractivity contribution in [2.75, 3.05) is 22.9 Å². The molecule has 6 heteroatoms. The molecule has 0 unspecified atom stereocenters. The summed E-state index contributed by atoms with van der Waals surface area (Å²) in [7, 11) is 0. The van der Waals surface area contributed by atoms with Gasteiger partial charge in [0, 0.05) is 47.1 Å². The molecule has 2 amide bonds. The second kappa shape index (κ2) is 5.06. The number of urea groups is 1. The van der Waals surface area contributed by atoms with E-state index in [0.29, 0.717) is 13.1 Å². The Bertz CT molecular complexity index is 860. The first-order chi connectivity index (χ1) is 10.8. The van der Waals surface area contributed by atoms with Crippen molar-refractivity contribution in [2.45, 2.75) is 6.92 Å². The highest BCUT2D eigenvalue weighted by atomic mass is 32.1. The summed E-state index contributed by atoms with van der Waals surface area (Å²) in [4.78, 5) is 24.7. The van der Waals surface area contributed by atoms with Gasteiger partial charge in [-0.3, -0.25) is 19.8 Å². The summed E-state index contributed by atoms with van der Waals surface area (Å²) in [6.45, 7) is 3.34. The predicted molar refractivity (Wildman–Crippen MR) is 88.7 cm³/mol. The van der Waals surface area contributed by atoms with E-state index in [1.165, 1.54) is 0 Å². The summed E-state index contributed by atoms with van der Waals surface area (Å²) in [5, 5.41) is 3.06. The largest absolute Gasteiger partial charge is 0.329 e. The van der Waals surface area contributed by atoms with Gasteiger partial charge < -0.3 is 0 Å². The van der Waals surface area contributed by atoms with Gasteiger partial charge in [-0.15, -0.1) is 11.3 Å². The Balaban J connectivity index is 1.71. The fourth-order valence-electron chi connectivity index (χ4n) is 2.79. The molecule has 3 aromatic rings. The number of thiophene rings is 1. The van der Waals surface area contributed by atoms with E-state index in [9.17, 15) is 4.79 Å². The second-order valence-electron chi connectivity index (χ2n) is 5.24. The number of pyridine rings is 2. The van der Waals surface area contributed by atoms with Crippen molar-refractivity contribution in [3.8, 4) is 0 Å². The number of anilines is 2. The molecule has 0 saturated carbocycles. The van der Waals surface area contributed by atoms with E-state index < -0.39 is 0 Å². The summed E-state index contributed by atoms with van der Waals surface area (Å²) < 4.78 is 1.15. The second-order valence-corrected chi connectivity index (χ2v) is 6.15. The maximum Gasteiger partial charge on any atom is 0.329 e. The molecular formula is C16H14N4OS. The number of amides is 2. The van der Waals surface area contributed by atoms with Crippen LogP contribution in [-0.4, -0.2) is 29.1 Å². The first-order valence-electron chi connectivity index (χ1n) is 7.06. The van der Waals surface area contributed by atoms with Crippen LogP contribution in [0, 0.1) is 6.92 Å². The summed E-state index contributed by atoms with van der Waals surface area (Å²) in [5.74, 6) is 0. The van der Waals surface area contributed by atoms with E-state index in [1.807, 2.05) is 35.5 Å². The summed E-state index contributed by atoms with van der Waals surface area (Å²) in [6, 6.07) is 3.90. The van der Waals surface area contributed by atoms with Crippen molar-refractivity contribution in [3.63, 3.8) is 0 Å². The molecule has 0 spiro atoms. The maximum atomic E-state index is 12.8. The molecule has 0 N–H and O–H groups in total. The number of carbonyl (C=O) groups is 1. The van der Waals surface area contributed by atoms with E-state index in [0.717, 1.165) is 27.0 Å². The van der Waals surface area contributed by atoms with Crippen LogP contribution in [-0.2, 0) is 0 Å². The van der Waals surface area contributed by atoms with Gasteiger partial charge in [-0.2, -0.15) is 0 Å². The molecule has 4 heterocycles. The highest BCUT2D eigenvalue weighted by Crippen LogP contribution is 2.35. The van der Waals surface area contributed by atoms with Crippen molar-refractivity contribution in [2.24, 2.45) is 0 Å². The van der Waals surface area contributed by atoms with Crippen LogP contribution >= 0.6 is 11.3 Å². The first-order valence-corrected chi connectivity index (χ1v) is 7.94. The average Bonchev–Trinajstić information content (AvgIpc) is 3.11. The lowest BCUT2D eigenvalue weighted by Crippen LogP contribution is -2.32. The number of fused-ring (bicyclic) bond motifs is 1. The zero-order valence-corrected chi connectivity index (χ0v) is 12.9. The van der Waals surface area contributed by atoms with Crippen LogP contribution in [0.2, 0.25) is 0 Å². The van der Waals surface area contributed by atoms with Crippen molar-refractivity contribution in [1.82, 2.24) is 9.97 Å². The SMILES string of the molecule is Cc1ccncc1N1CCN(c2csc3ccncc23)C1=O. The lowest BCUT2D eigenvalue weighted by molar-refractivity contribution is 0.256. The topological polar surface area (TPSA) is 49.3 Å². The molecule has 0 aromatic carbocycles. The van der Waals surface area contributed by atoms with Crippen LogP contribution in [0.1, 0.15) is 5.56 Å². The minimum atomic E-state index is -0.000321. The molecule has 5 nitrogen and oxygen atoms in total. The highest BCUT2D eigenvalue weighted by molar-refractivity contribution is 7.17. The fourth-order valence-corrected chi connectivity index (χ4v) is 3.71. The van der Waals surface area contributed by atoms with Gasteiger partial charge in [0.15, 0.2) is 0 Å². The van der Waals surface area contributed by atoms with Crippen molar-refractivity contribution < 1.29 is 4.79 Å². The van der Waals surface area contributed by atoms with E-state index >= 15 is 0 Å². The molecule has 0 radical (unpaired) electrons.